The van der Waals surface area contributed by atoms with E-state index < -0.39 is 0 Å². The molecule has 0 radical (unpaired) electrons. The highest BCUT2D eigenvalue weighted by atomic mass is 16.2. The van der Waals surface area contributed by atoms with Gasteiger partial charge in [0.05, 0.1) is 6.04 Å². The van der Waals surface area contributed by atoms with Crippen molar-refractivity contribution in [2.45, 2.75) is 25.8 Å². The third kappa shape index (κ3) is 3.27. The summed E-state index contributed by atoms with van der Waals surface area (Å²) in [7, 11) is 0. The number of benzene rings is 2. The average molecular weight is 345 g/mol. The van der Waals surface area contributed by atoms with Gasteiger partial charge in [0.15, 0.2) is 0 Å². The highest BCUT2D eigenvalue weighted by Crippen LogP contribution is 2.29. The molecule has 4 rings (SSSR count). The van der Waals surface area contributed by atoms with Crippen molar-refractivity contribution in [3.05, 3.63) is 78.1 Å². The predicted molar refractivity (Wildman–Crippen MR) is 103 cm³/mol. The Kier molecular flexibility index (Phi) is 4.57. The fourth-order valence-electron chi connectivity index (χ4n) is 3.58. The maximum atomic E-state index is 12.5. The number of hydrogen-bond donors (Lipinski definition) is 0. The highest BCUT2D eigenvalue weighted by Gasteiger charge is 2.33. The highest BCUT2D eigenvalue weighted by molar-refractivity contribution is 5.77. The molecule has 3 aromatic rings. The van der Waals surface area contributed by atoms with E-state index in [2.05, 4.69) is 40.7 Å². The SMILES string of the molecule is Cc1cnc(-c2ccccc2)n1C1CN(C(=O)CCc2ccccc2)C1. The lowest BCUT2D eigenvalue weighted by Gasteiger charge is -2.41. The lowest BCUT2D eigenvalue weighted by atomic mass is 10.0. The molecule has 1 aliphatic heterocycles. The van der Waals surface area contributed by atoms with Gasteiger partial charge in [-0.2, -0.15) is 0 Å². The smallest absolute Gasteiger partial charge is 0.223 e. The van der Waals surface area contributed by atoms with Crippen molar-refractivity contribution >= 4 is 5.91 Å². The summed E-state index contributed by atoms with van der Waals surface area (Å²) >= 11 is 0. The first-order chi connectivity index (χ1) is 12.7. The molecule has 1 aliphatic rings. The first-order valence-corrected chi connectivity index (χ1v) is 9.13. The first-order valence-electron chi connectivity index (χ1n) is 9.13. The van der Waals surface area contributed by atoms with Crippen molar-refractivity contribution in [3.8, 4) is 11.4 Å². The molecule has 132 valence electrons. The van der Waals surface area contributed by atoms with Crippen molar-refractivity contribution in [1.82, 2.24) is 14.5 Å². The van der Waals surface area contributed by atoms with Crippen molar-refractivity contribution in [2.24, 2.45) is 0 Å². The molecule has 2 heterocycles. The van der Waals surface area contributed by atoms with E-state index in [4.69, 9.17) is 0 Å². The van der Waals surface area contributed by atoms with Crippen molar-refractivity contribution in [2.75, 3.05) is 13.1 Å². The number of aromatic nitrogens is 2. The summed E-state index contributed by atoms with van der Waals surface area (Å²) in [6, 6.07) is 20.8. The minimum Gasteiger partial charge on any atom is -0.338 e. The van der Waals surface area contributed by atoms with E-state index in [1.807, 2.05) is 47.5 Å². The third-order valence-electron chi connectivity index (χ3n) is 5.06. The van der Waals surface area contributed by atoms with E-state index in [1.54, 1.807) is 0 Å². The Morgan fingerprint density at radius 3 is 2.38 bits per heavy atom. The molecule has 4 heteroatoms. The first kappa shape index (κ1) is 16.6. The number of amides is 1. The minimum absolute atomic E-state index is 0.240. The Labute approximate surface area is 154 Å². The zero-order valence-electron chi connectivity index (χ0n) is 15.0. The van der Waals surface area contributed by atoms with Gasteiger partial charge in [0.2, 0.25) is 5.91 Å². The molecule has 0 atom stereocenters. The molecule has 0 spiro atoms. The Balaban J connectivity index is 1.39. The van der Waals surface area contributed by atoms with Crippen LogP contribution in [-0.4, -0.2) is 33.4 Å². The fraction of sp³-hybridized carbons (Fsp3) is 0.273. The van der Waals surface area contributed by atoms with E-state index >= 15 is 0 Å². The standard InChI is InChI=1S/C22H23N3O/c1-17-14-23-22(19-10-6-3-7-11-19)25(17)20-15-24(16-20)21(26)13-12-18-8-4-2-5-9-18/h2-11,14,20H,12-13,15-16H2,1H3. The molecular formula is C22H23N3O. The molecular weight excluding hydrogens is 322 g/mol. The van der Waals surface area contributed by atoms with Crippen LogP contribution < -0.4 is 0 Å². The number of likely N-dealkylation sites (tertiary alicyclic amines) is 1. The maximum Gasteiger partial charge on any atom is 0.223 e. The molecule has 1 aromatic heterocycles. The van der Waals surface area contributed by atoms with E-state index in [9.17, 15) is 4.79 Å². The maximum absolute atomic E-state index is 12.5. The van der Waals surface area contributed by atoms with Crippen molar-refractivity contribution in [1.29, 1.82) is 0 Å². The van der Waals surface area contributed by atoms with Crippen molar-refractivity contribution in [3.63, 3.8) is 0 Å². The van der Waals surface area contributed by atoms with Crippen molar-refractivity contribution < 1.29 is 4.79 Å². The predicted octanol–water partition coefficient (Wildman–Crippen LogP) is 3.87. The topological polar surface area (TPSA) is 38.1 Å². The molecule has 0 N–H and O–H groups in total. The van der Waals surface area contributed by atoms with E-state index in [0.29, 0.717) is 12.5 Å². The quantitative estimate of drug-likeness (QED) is 0.704. The normalized spacial score (nSPS) is 14.3. The Bertz CT molecular complexity index is 880. The van der Waals surface area contributed by atoms with Crippen LogP contribution in [0.4, 0.5) is 0 Å². The number of aryl methyl sites for hydroxylation is 2. The second-order valence-corrected chi connectivity index (χ2v) is 6.90. The summed E-state index contributed by atoms with van der Waals surface area (Å²) < 4.78 is 2.27. The number of hydrogen-bond acceptors (Lipinski definition) is 2. The Morgan fingerprint density at radius 1 is 1.04 bits per heavy atom. The second-order valence-electron chi connectivity index (χ2n) is 6.90. The van der Waals surface area contributed by atoms with Crippen LogP contribution in [0.1, 0.15) is 23.7 Å². The number of imidazole rings is 1. The van der Waals surface area contributed by atoms with Crippen LogP contribution in [0.15, 0.2) is 66.9 Å². The molecule has 0 bridgehead atoms. The van der Waals surface area contributed by atoms with Crippen LogP contribution in [0.2, 0.25) is 0 Å². The summed E-state index contributed by atoms with van der Waals surface area (Å²) in [4.78, 5) is 19.0. The molecule has 0 unspecified atom stereocenters. The lowest BCUT2D eigenvalue weighted by molar-refractivity contribution is -0.136. The zero-order chi connectivity index (χ0) is 17.9. The average Bonchev–Trinajstić information content (AvgIpc) is 3.02. The van der Waals surface area contributed by atoms with Gasteiger partial charge in [-0.05, 0) is 18.9 Å². The van der Waals surface area contributed by atoms with Gasteiger partial charge in [-0.25, -0.2) is 4.98 Å². The van der Waals surface area contributed by atoms with E-state index in [0.717, 1.165) is 36.6 Å². The van der Waals surface area contributed by atoms with Crippen LogP contribution in [0.3, 0.4) is 0 Å². The van der Waals surface area contributed by atoms with Gasteiger partial charge in [0, 0.05) is 37.0 Å². The van der Waals surface area contributed by atoms with Crippen LogP contribution in [0.25, 0.3) is 11.4 Å². The monoisotopic (exact) mass is 345 g/mol. The summed E-state index contributed by atoms with van der Waals surface area (Å²) in [6.07, 6.45) is 3.30. The number of rotatable bonds is 5. The largest absolute Gasteiger partial charge is 0.338 e. The van der Waals surface area contributed by atoms with Gasteiger partial charge in [0.1, 0.15) is 5.82 Å². The summed E-state index contributed by atoms with van der Waals surface area (Å²) in [5.41, 5.74) is 3.48. The van der Waals surface area contributed by atoms with E-state index in [1.165, 1.54) is 5.56 Å². The van der Waals surface area contributed by atoms with Gasteiger partial charge in [-0.15, -0.1) is 0 Å². The lowest BCUT2D eigenvalue weighted by Crippen LogP contribution is -2.51. The zero-order valence-corrected chi connectivity index (χ0v) is 15.0. The molecule has 1 amide bonds. The van der Waals surface area contributed by atoms with E-state index in [-0.39, 0.29) is 5.91 Å². The van der Waals surface area contributed by atoms with Gasteiger partial charge in [-0.3, -0.25) is 4.79 Å². The molecule has 4 nitrogen and oxygen atoms in total. The number of nitrogens with zero attached hydrogens (tertiary/aromatic N) is 3. The molecule has 1 saturated heterocycles. The molecule has 2 aromatic carbocycles. The third-order valence-corrected chi connectivity index (χ3v) is 5.06. The van der Waals surface area contributed by atoms with Gasteiger partial charge >= 0.3 is 0 Å². The van der Waals surface area contributed by atoms with Gasteiger partial charge in [0.25, 0.3) is 0 Å². The fourth-order valence-corrected chi connectivity index (χ4v) is 3.58. The Hall–Kier alpha value is -2.88. The second kappa shape index (κ2) is 7.16. The summed E-state index contributed by atoms with van der Waals surface area (Å²) in [5, 5.41) is 0. The summed E-state index contributed by atoms with van der Waals surface area (Å²) in [5.74, 6) is 1.23. The summed E-state index contributed by atoms with van der Waals surface area (Å²) in [6.45, 7) is 3.62. The molecule has 0 saturated carbocycles. The molecule has 26 heavy (non-hydrogen) atoms. The van der Waals surface area contributed by atoms with Gasteiger partial charge in [-0.1, -0.05) is 60.7 Å². The minimum atomic E-state index is 0.240. The van der Waals surface area contributed by atoms with Crippen LogP contribution in [0, 0.1) is 6.92 Å². The van der Waals surface area contributed by atoms with Crippen LogP contribution >= 0.6 is 0 Å². The van der Waals surface area contributed by atoms with Gasteiger partial charge < -0.3 is 9.47 Å². The van der Waals surface area contributed by atoms with Crippen LogP contribution in [-0.2, 0) is 11.2 Å². The number of carbonyl (C=O) groups is 1. The molecule has 0 aliphatic carbocycles. The Morgan fingerprint density at radius 2 is 1.69 bits per heavy atom. The van der Waals surface area contributed by atoms with Crippen LogP contribution in [0.5, 0.6) is 0 Å². The molecule has 1 fully saturated rings. The number of carbonyl (C=O) groups excluding carboxylic acids is 1.